The lowest BCUT2D eigenvalue weighted by atomic mass is 9.95. The van der Waals surface area contributed by atoms with Gasteiger partial charge >= 0.3 is 0 Å². The summed E-state index contributed by atoms with van der Waals surface area (Å²) in [4.78, 5) is 0. The molecule has 1 atom stereocenters. The van der Waals surface area contributed by atoms with E-state index in [9.17, 15) is 0 Å². The molecule has 2 aromatic carbocycles. The Balaban J connectivity index is 2.10. The molecule has 1 unspecified atom stereocenters. The van der Waals surface area contributed by atoms with E-state index in [0.29, 0.717) is 6.04 Å². The molecule has 1 N–H and O–H groups in total. The van der Waals surface area contributed by atoms with Gasteiger partial charge in [0.25, 0.3) is 0 Å². The minimum atomic E-state index is 0.428. The molecule has 2 nitrogen and oxygen atoms in total. The Morgan fingerprint density at radius 2 is 1.86 bits per heavy atom. The number of hydrogen-bond acceptors (Lipinski definition) is 2. The second-order valence-corrected chi connectivity index (χ2v) is 5.68. The summed E-state index contributed by atoms with van der Waals surface area (Å²) < 4.78 is 5.30. The number of ether oxygens (including phenoxy) is 1. The van der Waals surface area contributed by atoms with E-state index in [-0.39, 0.29) is 0 Å². The van der Waals surface area contributed by atoms with Crippen molar-refractivity contribution in [2.24, 2.45) is 0 Å². The maximum Gasteiger partial charge on any atom is 0.119 e. The van der Waals surface area contributed by atoms with E-state index in [1.54, 1.807) is 7.11 Å². The zero-order valence-electron chi connectivity index (χ0n) is 13.4. The number of aryl methyl sites for hydroxylation is 2. The molecule has 0 aliphatic carbocycles. The van der Waals surface area contributed by atoms with Crippen molar-refractivity contribution in [2.45, 2.75) is 32.7 Å². The van der Waals surface area contributed by atoms with Gasteiger partial charge in [-0.15, -0.1) is 0 Å². The second-order valence-electron chi connectivity index (χ2n) is 5.68. The topological polar surface area (TPSA) is 21.3 Å². The van der Waals surface area contributed by atoms with Crippen LogP contribution in [0.15, 0.2) is 42.5 Å². The molecule has 0 amide bonds. The van der Waals surface area contributed by atoms with Crippen LogP contribution < -0.4 is 10.1 Å². The Labute approximate surface area is 128 Å². The van der Waals surface area contributed by atoms with E-state index in [0.717, 1.165) is 18.6 Å². The predicted molar refractivity (Wildman–Crippen MR) is 89.2 cm³/mol. The number of likely N-dealkylation sites (N-methyl/N-ethyl adjacent to an activating group) is 1. The van der Waals surface area contributed by atoms with Crippen molar-refractivity contribution < 1.29 is 4.74 Å². The minimum Gasteiger partial charge on any atom is -0.497 e. The molecule has 0 aliphatic rings. The SMILES string of the molecule is CNC(Cc1cccc(OC)c1)Cc1cc(C)ccc1C. The Bertz CT molecular complexity index is 592. The van der Waals surface area contributed by atoms with Crippen molar-refractivity contribution in [3.8, 4) is 5.75 Å². The molecule has 0 spiro atoms. The van der Waals surface area contributed by atoms with Gasteiger partial charge in [-0.25, -0.2) is 0 Å². The van der Waals surface area contributed by atoms with Gasteiger partial charge in [-0.2, -0.15) is 0 Å². The van der Waals surface area contributed by atoms with Gasteiger partial charge in [0.1, 0.15) is 5.75 Å². The van der Waals surface area contributed by atoms with Gasteiger partial charge in [-0.1, -0.05) is 35.9 Å². The van der Waals surface area contributed by atoms with Crippen molar-refractivity contribution in [1.29, 1.82) is 0 Å². The Morgan fingerprint density at radius 1 is 1.05 bits per heavy atom. The van der Waals surface area contributed by atoms with Crippen LogP contribution in [-0.4, -0.2) is 20.2 Å². The van der Waals surface area contributed by atoms with Crippen LogP contribution in [0.3, 0.4) is 0 Å². The first-order valence-electron chi connectivity index (χ1n) is 7.48. The summed E-state index contributed by atoms with van der Waals surface area (Å²) >= 11 is 0. The van der Waals surface area contributed by atoms with Gasteiger partial charge in [-0.05, 0) is 62.6 Å². The van der Waals surface area contributed by atoms with Crippen molar-refractivity contribution in [1.82, 2.24) is 5.32 Å². The molecule has 2 heteroatoms. The maximum atomic E-state index is 5.30. The molecule has 0 fully saturated rings. The molecular weight excluding hydrogens is 258 g/mol. The lowest BCUT2D eigenvalue weighted by Gasteiger charge is -2.18. The highest BCUT2D eigenvalue weighted by Gasteiger charge is 2.11. The minimum absolute atomic E-state index is 0.428. The summed E-state index contributed by atoms with van der Waals surface area (Å²) in [6, 6.07) is 15.4. The van der Waals surface area contributed by atoms with Gasteiger partial charge in [-0.3, -0.25) is 0 Å². The number of methoxy groups -OCH3 is 1. The fourth-order valence-electron chi connectivity index (χ4n) is 2.65. The van der Waals surface area contributed by atoms with E-state index in [1.807, 2.05) is 13.1 Å². The van der Waals surface area contributed by atoms with Crippen molar-refractivity contribution >= 4 is 0 Å². The van der Waals surface area contributed by atoms with Crippen LogP contribution in [0.2, 0.25) is 0 Å². The average molecular weight is 283 g/mol. The summed E-state index contributed by atoms with van der Waals surface area (Å²) in [5, 5.41) is 3.44. The Hall–Kier alpha value is -1.80. The van der Waals surface area contributed by atoms with Crippen molar-refractivity contribution in [3.63, 3.8) is 0 Å². The summed E-state index contributed by atoms with van der Waals surface area (Å²) in [6.07, 6.45) is 2.04. The summed E-state index contributed by atoms with van der Waals surface area (Å²) in [7, 11) is 3.75. The largest absolute Gasteiger partial charge is 0.497 e. The van der Waals surface area contributed by atoms with Crippen molar-refractivity contribution in [2.75, 3.05) is 14.2 Å². The molecule has 0 heterocycles. The molecule has 0 bridgehead atoms. The van der Waals surface area contributed by atoms with Crippen molar-refractivity contribution in [3.05, 3.63) is 64.7 Å². The van der Waals surface area contributed by atoms with Crippen LogP contribution in [0.1, 0.15) is 22.3 Å². The molecule has 0 saturated heterocycles. The van der Waals surface area contributed by atoms with Crippen LogP contribution in [0, 0.1) is 13.8 Å². The number of rotatable bonds is 6. The van der Waals surface area contributed by atoms with Gasteiger partial charge in [0.05, 0.1) is 7.11 Å². The molecule has 2 aromatic rings. The third-order valence-electron chi connectivity index (χ3n) is 4.00. The van der Waals surface area contributed by atoms with Crippen LogP contribution in [0.25, 0.3) is 0 Å². The fraction of sp³-hybridized carbons (Fsp3) is 0.368. The Kier molecular flexibility index (Phi) is 5.40. The first-order valence-corrected chi connectivity index (χ1v) is 7.48. The number of hydrogen-bond donors (Lipinski definition) is 1. The van der Waals surface area contributed by atoms with E-state index in [4.69, 9.17) is 4.74 Å². The monoisotopic (exact) mass is 283 g/mol. The van der Waals surface area contributed by atoms with Gasteiger partial charge in [0, 0.05) is 6.04 Å². The van der Waals surface area contributed by atoms with Crippen LogP contribution in [0.4, 0.5) is 0 Å². The maximum absolute atomic E-state index is 5.30. The average Bonchev–Trinajstić information content (AvgIpc) is 2.50. The third kappa shape index (κ3) is 4.33. The number of benzene rings is 2. The number of nitrogens with one attached hydrogen (secondary N) is 1. The highest BCUT2D eigenvalue weighted by molar-refractivity contribution is 5.32. The first-order chi connectivity index (χ1) is 10.1. The van der Waals surface area contributed by atoms with Crippen LogP contribution >= 0.6 is 0 Å². The Morgan fingerprint density at radius 3 is 2.57 bits per heavy atom. The highest BCUT2D eigenvalue weighted by Crippen LogP contribution is 2.17. The third-order valence-corrected chi connectivity index (χ3v) is 4.00. The van der Waals surface area contributed by atoms with Gasteiger partial charge in [0.2, 0.25) is 0 Å². The predicted octanol–water partition coefficient (Wildman–Crippen LogP) is 3.69. The molecule has 112 valence electrons. The summed E-state index contributed by atoms with van der Waals surface area (Å²) in [6.45, 7) is 4.34. The zero-order valence-corrected chi connectivity index (χ0v) is 13.4. The molecular formula is C19H25NO. The fourth-order valence-corrected chi connectivity index (χ4v) is 2.65. The standard InChI is InChI=1S/C19H25NO/c1-14-8-9-15(2)17(10-14)13-18(20-3)11-16-6-5-7-19(12-16)21-4/h5-10,12,18,20H,11,13H2,1-4H3. The molecule has 2 rings (SSSR count). The van der Waals surface area contributed by atoms with Gasteiger partial charge < -0.3 is 10.1 Å². The quantitative estimate of drug-likeness (QED) is 0.873. The summed E-state index contributed by atoms with van der Waals surface area (Å²) in [5.74, 6) is 0.925. The summed E-state index contributed by atoms with van der Waals surface area (Å²) in [5.41, 5.74) is 5.43. The lowest BCUT2D eigenvalue weighted by Crippen LogP contribution is -2.30. The molecule has 0 aromatic heterocycles. The molecule has 0 aliphatic heterocycles. The van der Waals surface area contributed by atoms with E-state index in [2.05, 4.69) is 55.6 Å². The molecule has 0 radical (unpaired) electrons. The second kappa shape index (κ2) is 7.28. The van der Waals surface area contributed by atoms with E-state index in [1.165, 1.54) is 22.3 Å². The van der Waals surface area contributed by atoms with E-state index >= 15 is 0 Å². The normalized spacial score (nSPS) is 12.2. The smallest absolute Gasteiger partial charge is 0.119 e. The van der Waals surface area contributed by atoms with Crippen LogP contribution in [-0.2, 0) is 12.8 Å². The van der Waals surface area contributed by atoms with E-state index < -0.39 is 0 Å². The van der Waals surface area contributed by atoms with Gasteiger partial charge in [0.15, 0.2) is 0 Å². The zero-order chi connectivity index (χ0) is 15.2. The van der Waals surface area contributed by atoms with Crippen LogP contribution in [0.5, 0.6) is 5.75 Å². The lowest BCUT2D eigenvalue weighted by molar-refractivity contribution is 0.414. The highest BCUT2D eigenvalue weighted by atomic mass is 16.5. The molecule has 0 saturated carbocycles. The molecule has 21 heavy (non-hydrogen) atoms. The first kappa shape index (κ1) is 15.6.